The molecule has 0 radical (unpaired) electrons. The number of aryl methyl sites for hydroxylation is 3. The first-order valence-electron chi connectivity index (χ1n) is 6.89. The summed E-state index contributed by atoms with van der Waals surface area (Å²) in [6.07, 6.45) is 2.74. The van der Waals surface area contributed by atoms with Gasteiger partial charge in [-0.25, -0.2) is 8.42 Å². The van der Waals surface area contributed by atoms with Crippen molar-refractivity contribution in [2.24, 2.45) is 7.05 Å². The van der Waals surface area contributed by atoms with Crippen molar-refractivity contribution >= 4 is 10.0 Å². The zero-order valence-corrected chi connectivity index (χ0v) is 13.7. The lowest BCUT2D eigenvalue weighted by Gasteiger charge is -2.17. The molecular formula is C15H21N3O2S. The van der Waals surface area contributed by atoms with Gasteiger partial charge >= 0.3 is 0 Å². The summed E-state index contributed by atoms with van der Waals surface area (Å²) >= 11 is 0. The molecule has 0 unspecified atom stereocenters. The highest BCUT2D eigenvalue weighted by atomic mass is 32.2. The monoisotopic (exact) mass is 307 g/mol. The highest BCUT2D eigenvalue weighted by molar-refractivity contribution is 7.89. The molecule has 0 aliphatic heterocycles. The summed E-state index contributed by atoms with van der Waals surface area (Å²) in [5, 5.41) is 4.24. The second-order valence-electron chi connectivity index (χ2n) is 5.17. The predicted octanol–water partition coefficient (Wildman–Crippen LogP) is 2.11. The average Bonchev–Trinajstić information content (AvgIpc) is 2.76. The Morgan fingerprint density at radius 3 is 2.33 bits per heavy atom. The van der Waals surface area contributed by atoms with Crippen molar-refractivity contribution in [2.45, 2.75) is 31.7 Å². The Kier molecular flexibility index (Phi) is 4.49. The molecule has 0 aliphatic carbocycles. The fourth-order valence-corrected chi connectivity index (χ4v) is 3.35. The Labute approximate surface area is 126 Å². The molecule has 1 heterocycles. The summed E-state index contributed by atoms with van der Waals surface area (Å²) in [4.78, 5) is 0.323. The molecular weight excluding hydrogens is 286 g/mol. The van der Waals surface area contributed by atoms with Crippen LogP contribution >= 0.6 is 0 Å². The van der Waals surface area contributed by atoms with Crippen molar-refractivity contribution in [2.75, 3.05) is 7.05 Å². The Hall–Kier alpha value is -1.66. The molecule has 0 fully saturated rings. The molecule has 0 amide bonds. The normalized spacial score (nSPS) is 12.0. The maximum atomic E-state index is 12.6. The third-order valence-electron chi connectivity index (χ3n) is 3.55. The Bertz CT molecular complexity index is 718. The first kappa shape index (κ1) is 15.7. The van der Waals surface area contributed by atoms with Crippen LogP contribution in [0.25, 0.3) is 0 Å². The molecule has 0 aliphatic rings. The van der Waals surface area contributed by atoms with Crippen LogP contribution in [0.4, 0.5) is 0 Å². The SMILES string of the molecule is CCc1ccc(S(=O)(=O)N(C)Cc2cn(C)nc2C)cc1. The largest absolute Gasteiger partial charge is 0.275 e. The van der Waals surface area contributed by atoms with Crippen LogP contribution in [-0.2, 0) is 30.0 Å². The summed E-state index contributed by atoms with van der Waals surface area (Å²) in [5.74, 6) is 0. The highest BCUT2D eigenvalue weighted by Crippen LogP contribution is 2.18. The van der Waals surface area contributed by atoms with Gasteiger partial charge in [0.25, 0.3) is 0 Å². The summed E-state index contributed by atoms with van der Waals surface area (Å²) in [7, 11) is -0.0527. The van der Waals surface area contributed by atoms with E-state index in [0.717, 1.165) is 23.2 Å². The van der Waals surface area contributed by atoms with Crippen molar-refractivity contribution in [3.05, 3.63) is 47.3 Å². The fraction of sp³-hybridized carbons (Fsp3) is 0.400. The van der Waals surface area contributed by atoms with Gasteiger partial charge < -0.3 is 0 Å². The molecule has 114 valence electrons. The number of benzene rings is 1. The molecule has 2 rings (SSSR count). The summed E-state index contributed by atoms with van der Waals surface area (Å²) in [5.41, 5.74) is 2.88. The van der Waals surface area contributed by atoms with Crippen molar-refractivity contribution in [3.63, 3.8) is 0 Å². The van der Waals surface area contributed by atoms with Crippen LogP contribution in [0.5, 0.6) is 0 Å². The highest BCUT2D eigenvalue weighted by Gasteiger charge is 2.21. The minimum absolute atomic E-state index is 0.317. The third-order valence-corrected chi connectivity index (χ3v) is 5.37. The standard InChI is InChI=1S/C15H21N3O2S/c1-5-13-6-8-15(9-7-13)21(19,20)18(4)11-14-10-17(3)16-12(14)2/h6-10H,5,11H2,1-4H3. The fourth-order valence-electron chi connectivity index (χ4n) is 2.21. The number of hydrogen-bond acceptors (Lipinski definition) is 3. The van der Waals surface area contributed by atoms with E-state index in [1.54, 1.807) is 23.9 Å². The van der Waals surface area contributed by atoms with Crippen LogP contribution in [0.3, 0.4) is 0 Å². The van der Waals surface area contributed by atoms with Gasteiger partial charge in [0.2, 0.25) is 10.0 Å². The van der Waals surface area contributed by atoms with Gasteiger partial charge in [-0.3, -0.25) is 4.68 Å². The minimum atomic E-state index is -3.47. The summed E-state index contributed by atoms with van der Waals surface area (Å²) in [6, 6.07) is 7.05. The number of aromatic nitrogens is 2. The Morgan fingerprint density at radius 2 is 1.86 bits per heavy atom. The maximum absolute atomic E-state index is 12.6. The lowest BCUT2D eigenvalue weighted by Crippen LogP contribution is -2.26. The van der Waals surface area contributed by atoms with Gasteiger partial charge in [0.05, 0.1) is 10.6 Å². The molecule has 6 heteroatoms. The molecule has 0 N–H and O–H groups in total. The van der Waals surface area contributed by atoms with Crippen LogP contribution in [0.15, 0.2) is 35.4 Å². The quantitative estimate of drug-likeness (QED) is 0.850. The van der Waals surface area contributed by atoms with Gasteiger partial charge in [-0.05, 0) is 31.0 Å². The first-order chi connectivity index (χ1) is 9.84. The topological polar surface area (TPSA) is 55.2 Å². The van der Waals surface area contributed by atoms with Crippen molar-refractivity contribution in [1.82, 2.24) is 14.1 Å². The Balaban J connectivity index is 2.23. The smallest absolute Gasteiger partial charge is 0.243 e. The van der Waals surface area contributed by atoms with E-state index in [2.05, 4.69) is 5.10 Å². The van der Waals surface area contributed by atoms with E-state index < -0.39 is 10.0 Å². The number of nitrogens with zero attached hydrogens (tertiary/aromatic N) is 3. The molecule has 0 spiro atoms. The molecule has 1 aromatic carbocycles. The molecule has 2 aromatic rings. The lowest BCUT2D eigenvalue weighted by molar-refractivity contribution is 0.466. The molecule has 5 nitrogen and oxygen atoms in total. The second-order valence-corrected chi connectivity index (χ2v) is 7.22. The van der Waals surface area contributed by atoms with Gasteiger partial charge in [-0.1, -0.05) is 19.1 Å². The van der Waals surface area contributed by atoms with Crippen LogP contribution in [-0.4, -0.2) is 29.6 Å². The summed E-state index contributed by atoms with van der Waals surface area (Å²) in [6.45, 7) is 4.24. The van der Waals surface area contributed by atoms with Crippen molar-refractivity contribution in [3.8, 4) is 0 Å². The minimum Gasteiger partial charge on any atom is -0.275 e. The van der Waals surface area contributed by atoms with E-state index in [0.29, 0.717) is 11.4 Å². The lowest BCUT2D eigenvalue weighted by atomic mass is 10.2. The van der Waals surface area contributed by atoms with Gasteiger partial charge in [-0.15, -0.1) is 0 Å². The second kappa shape index (κ2) is 5.99. The molecule has 0 saturated heterocycles. The van der Waals surface area contributed by atoms with E-state index in [9.17, 15) is 8.42 Å². The van der Waals surface area contributed by atoms with Crippen LogP contribution in [0.2, 0.25) is 0 Å². The third kappa shape index (κ3) is 3.33. The maximum Gasteiger partial charge on any atom is 0.243 e. The zero-order valence-electron chi connectivity index (χ0n) is 12.9. The number of rotatable bonds is 5. The van der Waals surface area contributed by atoms with E-state index >= 15 is 0 Å². The van der Waals surface area contributed by atoms with E-state index in [4.69, 9.17) is 0 Å². The van der Waals surface area contributed by atoms with E-state index in [1.165, 1.54) is 4.31 Å². The van der Waals surface area contributed by atoms with Gasteiger partial charge in [0.1, 0.15) is 0 Å². The average molecular weight is 307 g/mol. The van der Waals surface area contributed by atoms with Gasteiger partial charge in [0, 0.05) is 32.4 Å². The number of sulfonamides is 1. The van der Waals surface area contributed by atoms with Crippen molar-refractivity contribution < 1.29 is 8.42 Å². The van der Waals surface area contributed by atoms with Gasteiger partial charge in [-0.2, -0.15) is 9.40 Å². The molecule has 0 bridgehead atoms. The number of hydrogen-bond donors (Lipinski definition) is 0. The van der Waals surface area contributed by atoms with E-state index in [1.807, 2.05) is 39.2 Å². The summed E-state index contributed by atoms with van der Waals surface area (Å²) < 4.78 is 28.2. The Morgan fingerprint density at radius 1 is 1.24 bits per heavy atom. The van der Waals surface area contributed by atoms with Crippen LogP contribution in [0, 0.1) is 6.92 Å². The van der Waals surface area contributed by atoms with Gasteiger partial charge in [0.15, 0.2) is 0 Å². The molecule has 1 aromatic heterocycles. The molecule has 0 saturated carbocycles. The molecule has 0 atom stereocenters. The zero-order chi connectivity index (χ0) is 15.6. The van der Waals surface area contributed by atoms with E-state index in [-0.39, 0.29) is 0 Å². The van der Waals surface area contributed by atoms with Crippen LogP contribution in [0.1, 0.15) is 23.7 Å². The van der Waals surface area contributed by atoms with Crippen molar-refractivity contribution in [1.29, 1.82) is 0 Å². The molecule has 21 heavy (non-hydrogen) atoms. The predicted molar refractivity (Wildman–Crippen MR) is 82.4 cm³/mol. The van der Waals surface area contributed by atoms with Crippen LogP contribution < -0.4 is 0 Å². The first-order valence-corrected chi connectivity index (χ1v) is 8.33.